The van der Waals surface area contributed by atoms with E-state index in [-0.39, 0.29) is 4.90 Å². The Morgan fingerprint density at radius 3 is 2.56 bits per heavy atom. The largest absolute Gasteiger partial charge is 0.306 e. The number of hydrogen-bond acceptors (Lipinski definition) is 3. The van der Waals surface area contributed by atoms with Gasteiger partial charge in [-0.1, -0.05) is 36.4 Å². The van der Waals surface area contributed by atoms with Crippen molar-refractivity contribution in [2.75, 3.05) is 4.72 Å². The average Bonchev–Trinajstić information content (AvgIpc) is 3.07. The number of nitrogens with one attached hydrogen (secondary N) is 1. The third-order valence-corrected chi connectivity index (χ3v) is 5.95. The lowest BCUT2D eigenvalue weighted by molar-refractivity contribution is 0.600. The summed E-state index contributed by atoms with van der Waals surface area (Å²) in [5.74, 6) is 0. The lowest BCUT2D eigenvalue weighted by atomic mass is 10.1. The van der Waals surface area contributed by atoms with Crippen molar-refractivity contribution in [3.05, 3.63) is 84.2 Å². The van der Waals surface area contributed by atoms with Gasteiger partial charge in [0.1, 0.15) is 5.65 Å². The van der Waals surface area contributed by atoms with Gasteiger partial charge in [0.15, 0.2) is 0 Å². The number of benzene rings is 2. The first-order valence-corrected chi connectivity index (χ1v) is 10.1. The van der Waals surface area contributed by atoms with Crippen molar-refractivity contribution in [3.8, 4) is 11.3 Å². The molecule has 136 valence electrons. The van der Waals surface area contributed by atoms with Crippen molar-refractivity contribution in [1.82, 2.24) is 9.38 Å². The first-order chi connectivity index (χ1) is 12.9. The monoisotopic (exact) mass is 377 g/mol. The highest BCUT2D eigenvalue weighted by Gasteiger charge is 2.19. The Kier molecular flexibility index (Phi) is 4.20. The quantitative estimate of drug-likeness (QED) is 0.573. The molecule has 2 aromatic heterocycles. The number of aromatic nitrogens is 2. The summed E-state index contributed by atoms with van der Waals surface area (Å²) in [5, 5.41) is 0. The Morgan fingerprint density at radius 1 is 0.963 bits per heavy atom. The van der Waals surface area contributed by atoms with Crippen molar-refractivity contribution < 1.29 is 8.42 Å². The third-order valence-electron chi connectivity index (χ3n) is 4.44. The summed E-state index contributed by atoms with van der Waals surface area (Å²) in [6.45, 7) is 3.67. The van der Waals surface area contributed by atoms with Crippen LogP contribution >= 0.6 is 0 Å². The number of pyridine rings is 1. The van der Waals surface area contributed by atoms with E-state index in [1.807, 2.05) is 66.2 Å². The van der Waals surface area contributed by atoms with E-state index in [1.165, 1.54) is 0 Å². The van der Waals surface area contributed by atoms with Crippen molar-refractivity contribution >= 4 is 21.4 Å². The molecule has 0 spiro atoms. The van der Waals surface area contributed by atoms with E-state index >= 15 is 0 Å². The lowest BCUT2D eigenvalue weighted by Gasteiger charge is -2.13. The van der Waals surface area contributed by atoms with Crippen LogP contribution in [0, 0.1) is 13.8 Å². The highest BCUT2D eigenvalue weighted by atomic mass is 32.2. The zero-order valence-corrected chi connectivity index (χ0v) is 15.9. The summed E-state index contributed by atoms with van der Waals surface area (Å²) in [5.41, 5.74) is 4.35. The van der Waals surface area contributed by atoms with Crippen LogP contribution in [0.2, 0.25) is 0 Å². The van der Waals surface area contributed by atoms with Crippen molar-refractivity contribution in [3.63, 3.8) is 0 Å². The number of hydrogen-bond donors (Lipinski definition) is 1. The fourth-order valence-corrected chi connectivity index (χ4v) is 4.47. The summed E-state index contributed by atoms with van der Waals surface area (Å²) < 4.78 is 30.6. The second-order valence-electron chi connectivity index (χ2n) is 6.51. The molecular weight excluding hydrogens is 358 g/mol. The Labute approximate surface area is 158 Å². The van der Waals surface area contributed by atoms with Gasteiger partial charge in [0.05, 0.1) is 16.3 Å². The van der Waals surface area contributed by atoms with Crippen molar-refractivity contribution in [2.24, 2.45) is 0 Å². The normalized spacial score (nSPS) is 11.6. The molecule has 0 aliphatic carbocycles. The Hall–Kier alpha value is -3.12. The molecule has 0 unspecified atom stereocenters. The number of rotatable bonds is 4. The minimum absolute atomic E-state index is 0.285. The van der Waals surface area contributed by atoms with Gasteiger partial charge in [-0.25, -0.2) is 13.4 Å². The summed E-state index contributed by atoms with van der Waals surface area (Å²) in [7, 11) is -3.71. The van der Waals surface area contributed by atoms with Gasteiger partial charge in [-0.05, 0) is 49.2 Å². The minimum Gasteiger partial charge on any atom is -0.306 e. The molecule has 4 rings (SSSR count). The van der Waals surface area contributed by atoms with Crippen molar-refractivity contribution in [2.45, 2.75) is 18.7 Å². The molecule has 6 heteroatoms. The van der Waals surface area contributed by atoms with Crippen LogP contribution in [0.5, 0.6) is 0 Å². The predicted octanol–water partition coefficient (Wildman–Crippen LogP) is 4.42. The van der Waals surface area contributed by atoms with E-state index < -0.39 is 10.0 Å². The molecular formula is C21H19N3O2S. The molecule has 0 radical (unpaired) electrons. The number of aryl methyl sites for hydroxylation is 2. The molecule has 0 saturated carbocycles. The maximum atomic E-state index is 13.0. The average molecular weight is 377 g/mol. The number of fused-ring (bicyclic) bond motifs is 1. The SMILES string of the molecule is Cc1ccc(C)c(S(=O)(=O)Nc2ccccc2-c2cn3ccccc3n2)c1. The summed E-state index contributed by atoms with van der Waals surface area (Å²) >= 11 is 0. The molecule has 0 aliphatic heterocycles. The topological polar surface area (TPSA) is 63.5 Å². The van der Waals surface area contributed by atoms with Gasteiger partial charge in [-0.15, -0.1) is 0 Å². The van der Waals surface area contributed by atoms with E-state index in [2.05, 4.69) is 9.71 Å². The van der Waals surface area contributed by atoms with Gasteiger partial charge < -0.3 is 4.40 Å². The van der Waals surface area contributed by atoms with Gasteiger partial charge in [0.25, 0.3) is 10.0 Å². The molecule has 1 N–H and O–H groups in total. The molecule has 27 heavy (non-hydrogen) atoms. The van der Waals surface area contributed by atoms with E-state index in [4.69, 9.17) is 0 Å². The standard InChI is InChI=1S/C21H19N3O2S/c1-15-10-11-16(2)20(13-15)27(25,26)23-18-8-4-3-7-17(18)19-14-24-12-6-5-9-21(24)22-19/h3-14,23H,1-2H3. The maximum absolute atomic E-state index is 13.0. The zero-order chi connectivity index (χ0) is 19.0. The highest BCUT2D eigenvalue weighted by molar-refractivity contribution is 7.92. The van der Waals surface area contributed by atoms with Gasteiger partial charge in [-0.3, -0.25) is 4.72 Å². The number of imidazole rings is 1. The van der Waals surface area contributed by atoms with Crippen LogP contribution in [0.3, 0.4) is 0 Å². The van der Waals surface area contributed by atoms with E-state index in [9.17, 15) is 8.42 Å². The van der Waals surface area contributed by atoms with Gasteiger partial charge >= 0.3 is 0 Å². The van der Waals surface area contributed by atoms with Crippen LogP contribution in [0.1, 0.15) is 11.1 Å². The molecule has 0 fully saturated rings. The Bertz CT molecular complexity index is 1210. The number of anilines is 1. The molecule has 4 aromatic rings. The van der Waals surface area contributed by atoms with Crippen LogP contribution in [0.4, 0.5) is 5.69 Å². The van der Waals surface area contributed by atoms with Crippen LogP contribution < -0.4 is 4.72 Å². The van der Waals surface area contributed by atoms with Gasteiger partial charge in [-0.2, -0.15) is 0 Å². The summed E-state index contributed by atoms with van der Waals surface area (Å²) in [4.78, 5) is 4.89. The second-order valence-corrected chi connectivity index (χ2v) is 8.16. The van der Waals surface area contributed by atoms with Gasteiger partial charge in [0, 0.05) is 18.0 Å². The van der Waals surface area contributed by atoms with Crippen molar-refractivity contribution in [1.29, 1.82) is 0 Å². The van der Waals surface area contributed by atoms with Gasteiger partial charge in [0.2, 0.25) is 0 Å². The molecule has 0 saturated heterocycles. The highest BCUT2D eigenvalue weighted by Crippen LogP contribution is 2.30. The van der Waals surface area contributed by atoms with Crippen LogP contribution in [0.25, 0.3) is 16.9 Å². The summed E-state index contributed by atoms with van der Waals surface area (Å²) in [6.07, 6.45) is 3.80. The fourth-order valence-electron chi connectivity index (χ4n) is 3.06. The van der Waals surface area contributed by atoms with E-state index in [0.717, 1.165) is 16.8 Å². The third kappa shape index (κ3) is 3.31. The number of nitrogens with zero attached hydrogens (tertiary/aromatic N) is 2. The molecule has 0 aliphatic rings. The second kappa shape index (κ2) is 6.55. The molecule has 2 heterocycles. The zero-order valence-electron chi connectivity index (χ0n) is 15.0. The summed E-state index contributed by atoms with van der Waals surface area (Å²) in [6, 6.07) is 18.4. The molecule has 0 atom stereocenters. The van der Waals surface area contributed by atoms with Crippen LogP contribution in [0.15, 0.2) is 78.0 Å². The molecule has 0 bridgehead atoms. The lowest BCUT2D eigenvalue weighted by Crippen LogP contribution is -2.15. The fraction of sp³-hybridized carbons (Fsp3) is 0.0952. The molecule has 0 amide bonds. The first-order valence-electron chi connectivity index (χ1n) is 8.57. The van der Waals surface area contributed by atoms with E-state index in [1.54, 1.807) is 25.1 Å². The molecule has 2 aromatic carbocycles. The minimum atomic E-state index is -3.71. The first kappa shape index (κ1) is 17.3. The predicted molar refractivity (Wildman–Crippen MR) is 107 cm³/mol. The Balaban J connectivity index is 1.78. The Morgan fingerprint density at radius 2 is 1.74 bits per heavy atom. The number of para-hydroxylation sites is 1. The maximum Gasteiger partial charge on any atom is 0.262 e. The van der Waals surface area contributed by atoms with Crippen LogP contribution in [-0.2, 0) is 10.0 Å². The van der Waals surface area contributed by atoms with Crippen LogP contribution in [-0.4, -0.2) is 17.8 Å². The smallest absolute Gasteiger partial charge is 0.262 e. The molecule has 5 nitrogen and oxygen atoms in total. The number of sulfonamides is 1. The van der Waals surface area contributed by atoms with E-state index in [0.29, 0.717) is 16.9 Å².